The quantitative estimate of drug-likeness (QED) is 0.255. The van der Waals surface area contributed by atoms with Crippen LogP contribution in [0.25, 0.3) is 0 Å². The molecule has 0 fully saturated rings. The van der Waals surface area contributed by atoms with Crippen LogP contribution in [0, 0.1) is 0 Å². The molecule has 1 aliphatic heterocycles. The van der Waals surface area contributed by atoms with Gasteiger partial charge < -0.3 is 5.11 Å². The molecule has 0 aliphatic carbocycles. The average Bonchev–Trinajstić information content (AvgIpc) is 3.00. The Labute approximate surface area is 150 Å². The van der Waals surface area contributed by atoms with Gasteiger partial charge in [-0.25, -0.2) is 4.99 Å². The van der Waals surface area contributed by atoms with Crippen molar-refractivity contribution in [2.75, 3.05) is 13.1 Å². The summed E-state index contributed by atoms with van der Waals surface area (Å²) < 4.78 is 0.697. The summed E-state index contributed by atoms with van der Waals surface area (Å²) in [4.78, 5) is 4.61. The molecule has 0 aromatic carbocycles. The first-order valence-corrected chi connectivity index (χ1v) is 10.4. The largest absolute Gasteiger partial charge is 0.345 e. The normalized spacial score (nSPS) is 24.9. The van der Waals surface area contributed by atoms with Gasteiger partial charge in [0.2, 0.25) is 0 Å². The smallest absolute Gasteiger partial charge is 0.189 e. The Morgan fingerprint density at radius 1 is 1.04 bits per heavy atom. The summed E-state index contributed by atoms with van der Waals surface area (Å²) in [5, 5.41) is 10.1. The lowest BCUT2D eigenvalue weighted by atomic mass is 10.1. The molecule has 1 rings (SSSR count). The van der Waals surface area contributed by atoms with Crippen LogP contribution in [-0.4, -0.2) is 41.3 Å². The molecular formula is C21H41N2O+. The predicted molar refractivity (Wildman–Crippen MR) is 105 cm³/mol. The number of unbranched alkanes of at least 4 members (excludes halogenated alkanes) is 9. The van der Waals surface area contributed by atoms with Gasteiger partial charge in [-0.3, -0.25) is 4.48 Å². The van der Waals surface area contributed by atoms with E-state index in [1.807, 2.05) is 13.1 Å². The van der Waals surface area contributed by atoms with Crippen molar-refractivity contribution in [3.05, 3.63) is 12.2 Å². The van der Waals surface area contributed by atoms with E-state index in [4.69, 9.17) is 0 Å². The van der Waals surface area contributed by atoms with Crippen molar-refractivity contribution >= 4 is 6.21 Å². The van der Waals surface area contributed by atoms with Crippen LogP contribution in [-0.2, 0) is 0 Å². The molecule has 24 heavy (non-hydrogen) atoms. The molecule has 3 nitrogen and oxygen atoms in total. The SMILES string of the molecule is CCCCCCCCCCC/C=C/CC1N=CC[N+]1(CC)C(C)O. The van der Waals surface area contributed by atoms with Gasteiger partial charge in [-0.1, -0.05) is 70.4 Å². The number of nitrogens with zero attached hydrogens (tertiary/aromatic N) is 2. The zero-order chi connectivity index (χ0) is 17.7. The number of aliphatic hydroxyl groups excluding tert-OH is 1. The highest BCUT2D eigenvalue weighted by Crippen LogP contribution is 2.25. The van der Waals surface area contributed by atoms with E-state index in [0.717, 1.165) is 19.5 Å². The van der Waals surface area contributed by atoms with Gasteiger partial charge in [0.05, 0.1) is 12.8 Å². The monoisotopic (exact) mass is 337 g/mol. The molecule has 0 spiro atoms. The van der Waals surface area contributed by atoms with Crippen LogP contribution >= 0.6 is 0 Å². The van der Waals surface area contributed by atoms with Crippen molar-refractivity contribution in [2.24, 2.45) is 4.99 Å². The van der Waals surface area contributed by atoms with Crippen LogP contribution in [0.2, 0.25) is 0 Å². The maximum Gasteiger partial charge on any atom is 0.189 e. The summed E-state index contributed by atoms with van der Waals surface area (Å²) in [6.07, 6.45) is 21.1. The van der Waals surface area contributed by atoms with E-state index in [9.17, 15) is 5.11 Å². The fourth-order valence-corrected chi connectivity index (χ4v) is 3.76. The molecule has 3 unspecified atom stereocenters. The van der Waals surface area contributed by atoms with Gasteiger partial charge in [-0.2, -0.15) is 0 Å². The van der Waals surface area contributed by atoms with Crippen LogP contribution in [0.5, 0.6) is 0 Å². The fraction of sp³-hybridized carbons (Fsp3) is 0.857. The van der Waals surface area contributed by atoms with Crippen LogP contribution in [0.1, 0.15) is 91.4 Å². The molecule has 0 bridgehead atoms. The first kappa shape index (κ1) is 21.4. The standard InChI is InChI=1S/C21H41N2O/c1-4-6-7-8-9-10-11-12-13-14-15-16-17-21-22-18-19-23(21,5-2)20(3)24/h15-16,18,20-21,24H,4-14,17,19H2,1-3H3/q+1/b16-15+. The van der Waals surface area contributed by atoms with Gasteiger partial charge in [0.25, 0.3) is 0 Å². The van der Waals surface area contributed by atoms with E-state index >= 15 is 0 Å². The van der Waals surface area contributed by atoms with E-state index in [1.54, 1.807) is 0 Å². The number of aliphatic imine (C=N–C) groups is 1. The van der Waals surface area contributed by atoms with Crippen LogP contribution in [0.15, 0.2) is 17.1 Å². The molecule has 0 saturated heterocycles. The van der Waals surface area contributed by atoms with E-state index in [1.165, 1.54) is 64.2 Å². The number of quaternary nitrogens is 1. The maximum atomic E-state index is 10.1. The zero-order valence-electron chi connectivity index (χ0n) is 16.4. The van der Waals surface area contributed by atoms with Crippen molar-refractivity contribution in [1.82, 2.24) is 0 Å². The molecule has 1 N–H and O–H groups in total. The maximum absolute atomic E-state index is 10.1. The molecule has 1 aliphatic rings. The van der Waals surface area contributed by atoms with Crippen molar-refractivity contribution in [3.8, 4) is 0 Å². The van der Waals surface area contributed by atoms with Crippen LogP contribution in [0.3, 0.4) is 0 Å². The van der Waals surface area contributed by atoms with Crippen LogP contribution in [0.4, 0.5) is 0 Å². The van der Waals surface area contributed by atoms with Crippen LogP contribution < -0.4 is 0 Å². The Hall–Kier alpha value is -0.670. The third-order valence-electron chi connectivity index (χ3n) is 5.61. The van der Waals surface area contributed by atoms with E-state index < -0.39 is 0 Å². The lowest BCUT2D eigenvalue weighted by Crippen LogP contribution is -2.57. The molecule has 140 valence electrons. The van der Waals surface area contributed by atoms with Gasteiger partial charge >= 0.3 is 0 Å². The third-order valence-corrected chi connectivity index (χ3v) is 5.61. The number of aliphatic hydroxyl groups is 1. The van der Waals surface area contributed by atoms with Gasteiger partial charge in [-0.05, 0) is 19.8 Å². The minimum atomic E-state index is -0.340. The zero-order valence-corrected chi connectivity index (χ0v) is 16.4. The summed E-state index contributed by atoms with van der Waals surface area (Å²) >= 11 is 0. The second-order valence-electron chi connectivity index (χ2n) is 7.37. The molecule has 0 saturated carbocycles. The molecule has 3 atom stereocenters. The number of rotatable bonds is 14. The third kappa shape index (κ3) is 7.06. The lowest BCUT2D eigenvalue weighted by Gasteiger charge is -2.39. The highest BCUT2D eigenvalue weighted by atomic mass is 16.3. The first-order valence-electron chi connectivity index (χ1n) is 10.4. The Morgan fingerprint density at radius 3 is 2.25 bits per heavy atom. The average molecular weight is 338 g/mol. The molecule has 0 aromatic rings. The van der Waals surface area contributed by atoms with E-state index in [-0.39, 0.29) is 12.4 Å². The Kier molecular flexibility index (Phi) is 11.3. The fourth-order valence-electron chi connectivity index (χ4n) is 3.76. The molecule has 3 heteroatoms. The number of hydrogen-bond acceptors (Lipinski definition) is 2. The summed E-state index contributed by atoms with van der Waals surface area (Å²) in [6, 6.07) is 0. The van der Waals surface area contributed by atoms with E-state index in [2.05, 4.69) is 31.0 Å². The van der Waals surface area contributed by atoms with Gasteiger partial charge in [0.15, 0.2) is 12.4 Å². The van der Waals surface area contributed by atoms with Gasteiger partial charge in [-0.15, -0.1) is 0 Å². The van der Waals surface area contributed by atoms with Crippen molar-refractivity contribution in [2.45, 2.75) is 104 Å². The first-order chi connectivity index (χ1) is 11.7. The topological polar surface area (TPSA) is 32.6 Å². The summed E-state index contributed by atoms with van der Waals surface area (Å²) in [6.45, 7) is 8.13. The molecule has 0 radical (unpaired) electrons. The van der Waals surface area contributed by atoms with E-state index in [0.29, 0.717) is 4.48 Å². The minimum absolute atomic E-state index is 0.203. The summed E-state index contributed by atoms with van der Waals surface area (Å²) in [7, 11) is 0. The summed E-state index contributed by atoms with van der Waals surface area (Å²) in [5.74, 6) is 0. The second-order valence-corrected chi connectivity index (χ2v) is 7.37. The number of allylic oxidation sites excluding steroid dienone is 1. The predicted octanol–water partition coefficient (Wildman–Crippen LogP) is 5.44. The highest BCUT2D eigenvalue weighted by Gasteiger charge is 2.41. The molecule has 1 heterocycles. The Morgan fingerprint density at radius 2 is 1.67 bits per heavy atom. The lowest BCUT2D eigenvalue weighted by molar-refractivity contribution is -0.976. The Balaban J connectivity index is 2.06. The molecule has 0 aromatic heterocycles. The van der Waals surface area contributed by atoms with Crippen molar-refractivity contribution < 1.29 is 9.59 Å². The Bertz CT molecular complexity index is 365. The summed E-state index contributed by atoms with van der Waals surface area (Å²) in [5.41, 5.74) is 0. The molecular weight excluding hydrogens is 296 g/mol. The second kappa shape index (κ2) is 12.7. The molecule has 0 amide bonds. The highest BCUT2D eigenvalue weighted by molar-refractivity contribution is 5.60. The van der Waals surface area contributed by atoms with Crippen molar-refractivity contribution in [1.29, 1.82) is 0 Å². The number of hydrogen-bond donors (Lipinski definition) is 1. The van der Waals surface area contributed by atoms with Gasteiger partial charge in [0, 0.05) is 13.3 Å². The van der Waals surface area contributed by atoms with Crippen molar-refractivity contribution in [3.63, 3.8) is 0 Å². The van der Waals surface area contributed by atoms with Gasteiger partial charge in [0.1, 0.15) is 6.54 Å². The minimum Gasteiger partial charge on any atom is -0.345 e.